The number of benzene rings is 3. The number of amides is 1. The van der Waals surface area contributed by atoms with E-state index in [4.69, 9.17) is 35.2 Å². The van der Waals surface area contributed by atoms with Gasteiger partial charge in [0.25, 0.3) is 8.32 Å². The van der Waals surface area contributed by atoms with Crippen molar-refractivity contribution in [2.75, 3.05) is 38.8 Å². The molecule has 0 bridgehead atoms. The van der Waals surface area contributed by atoms with Crippen LogP contribution in [0.2, 0.25) is 10.2 Å². The van der Waals surface area contributed by atoms with Crippen molar-refractivity contribution in [1.82, 2.24) is 20.1 Å². The molecule has 0 saturated heterocycles. The van der Waals surface area contributed by atoms with Crippen LogP contribution in [0.5, 0.6) is 5.75 Å². The van der Waals surface area contributed by atoms with Crippen molar-refractivity contribution in [3.8, 4) is 17.6 Å². The number of fused-ring (bicyclic) bond motifs is 1. The maximum atomic E-state index is 15.1. The molecule has 1 unspecified atom stereocenters. The molecule has 11 nitrogen and oxygen atoms in total. The Morgan fingerprint density at radius 1 is 1.00 bits per heavy atom. The summed E-state index contributed by atoms with van der Waals surface area (Å²) < 4.78 is 39.1. The van der Waals surface area contributed by atoms with Gasteiger partial charge in [-0.05, 0) is 79.7 Å². The van der Waals surface area contributed by atoms with E-state index in [0.717, 1.165) is 21.5 Å². The Morgan fingerprint density at radius 2 is 1.66 bits per heavy atom. The first kappa shape index (κ1) is 46.2. The van der Waals surface area contributed by atoms with Crippen molar-refractivity contribution < 1.29 is 32.6 Å². The first-order valence-electron chi connectivity index (χ1n) is 20.4. The third-order valence-corrected chi connectivity index (χ3v) is 17.0. The summed E-state index contributed by atoms with van der Waals surface area (Å²) >= 11 is 7.97. The quantitative estimate of drug-likeness (QED) is 0.0522. The largest absolute Gasteiger partial charge is 0.491 e. The second-order valence-corrected chi connectivity index (χ2v) is 22.8. The predicted octanol–water partition coefficient (Wildman–Crippen LogP) is 8.69. The second-order valence-electron chi connectivity index (χ2n) is 17.1. The first-order valence-corrected chi connectivity index (χ1v) is 23.5. The Bertz CT molecular complexity index is 2410. The van der Waals surface area contributed by atoms with Crippen LogP contribution in [0.4, 0.5) is 20.1 Å². The molecule has 0 fully saturated rings. The molecular formula is C47H53ClFN5O6SSi. The first-order chi connectivity index (χ1) is 29.4. The van der Waals surface area contributed by atoms with Crippen molar-refractivity contribution in [3.05, 3.63) is 117 Å². The van der Waals surface area contributed by atoms with E-state index in [9.17, 15) is 9.59 Å². The van der Waals surface area contributed by atoms with Crippen LogP contribution < -0.4 is 20.0 Å². The lowest BCUT2D eigenvalue weighted by Gasteiger charge is -2.47. The van der Waals surface area contributed by atoms with E-state index in [1.54, 1.807) is 33.9 Å². The fourth-order valence-corrected chi connectivity index (χ4v) is 13.3. The third-order valence-electron chi connectivity index (χ3n) is 10.4. The minimum Gasteiger partial charge on any atom is -0.491 e. The van der Waals surface area contributed by atoms with Crippen molar-refractivity contribution >= 4 is 64.6 Å². The molecule has 0 saturated carbocycles. The summed E-state index contributed by atoms with van der Waals surface area (Å²) in [4.78, 5) is 34.3. The van der Waals surface area contributed by atoms with Crippen molar-refractivity contribution in [3.63, 3.8) is 0 Å². The lowest BCUT2D eigenvalue weighted by atomic mass is 10.0. The summed E-state index contributed by atoms with van der Waals surface area (Å²) in [6, 6.07) is 25.4. The van der Waals surface area contributed by atoms with Crippen molar-refractivity contribution in [2.24, 2.45) is 0 Å². The summed E-state index contributed by atoms with van der Waals surface area (Å²) in [5.41, 5.74) is 1.71. The molecule has 0 spiro atoms. The number of carbonyl (C=O) groups excluding carboxylic acids is 2. The Morgan fingerprint density at radius 3 is 2.26 bits per heavy atom. The summed E-state index contributed by atoms with van der Waals surface area (Å²) in [5, 5.41) is 11.8. The lowest BCUT2D eigenvalue weighted by Crippen LogP contribution is -2.68. The Balaban J connectivity index is 1.22. The van der Waals surface area contributed by atoms with Crippen LogP contribution in [0.25, 0.3) is 0 Å². The van der Waals surface area contributed by atoms with Crippen LogP contribution in [0.15, 0.2) is 78.9 Å². The van der Waals surface area contributed by atoms with Crippen molar-refractivity contribution in [1.29, 1.82) is 0 Å². The van der Waals surface area contributed by atoms with Crippen LogP contribution in [0.1, 0.15) is 80.0 Å². The van der Waals surface area contributed by atoms with Gasteiger partial charge in [-0.3, -0.25) is 4.90 Å². The van der Waals surface area contributed by atoms with Crippen LogP contribution >= 0.6 is 22.9 Å². The number of thiazole rings is 1. The third kappa shape index (κ3) is 10.5. The highest BCUT2D eigenvalue weighted by atomic mass is 35.5. The van der Waals surface area contributed by atoms with Gasteiger partial charge in [0.05, 0.1) is 32.9 Å². The van der Waals surface area contributed by atoms with E-state index in [2.05, 4.69) is 91.3 Å². The molecule has 3 heterocycles. The average molecular weight is 899 g/mol. The molecule has 0 aliphatic carbocycles. The zero-order valence-electron chi connectivity index (χ0n) is 36.7. The number of esters is 1. The van der Waals surface area contributed by atoms with Gasteiger partial charge in [-0.15, -0.1) is 21.5 Å². The lowest BCUT2D eigenvalue weighted by molar-refractivity contribution is 0.0320. The number of aryl methyl sites for hydroxylation is 1. The van der Waals surface area contributed by atoms with Gasteiger partial charge in [-0.2, -0.15) is 0 Å². The zero-order chi connectivity index (χ0) is 44.8. The molecule has 62 heavy (non-hydrogen) atoms. The van der Waals surface area contributed by atoms with Crippen LogP contribution in [-0.2, 0) is 26.7 Å². The number of carbonyl (C=O) groups is 2. The Hall–Kier alpha value is -5.33. The smallest absolute Gasteiger partial charge is 0.410 e. The number of aromatic nitrogens is 3. The maximum absolute atomic E-state index is 15.1. The summed E-state index contributed by atoms with van der Waals surface area (Å²) in [5.74, 6) is 5.30. The number of ether oxygens (including phenoxy) is 3. The van der Waals surface area contributed by atoms with E-state index in [1.165, 1.54) is 35.5 Å². The van der Waals surface area contributed by atoms with Gasteiger partial charge in [0.2, 0.25) is 0 Å². The van der Waals surface area contributed by atoms with Gasteiger partial charge in [-0.25, -0.2) is 19.0 Å². The minimum absolute atomic E-state index is 0.0732. The average Bonchev–Trinajstić information content (AvgIpc) is 3.66. The number of rotatable bonds is 12. The monoisotopic (exact) mass is 897 g/mol. The van der Waals surface area contributed by atoms with E-state index in [1.807, 2.05) is 24.0 Å². The highest BCUT2D eigenvalue weighted by Gasteiger charge is 2.52. The number of methoxy groups -OCH3 is 1. The summed E-state index contributed by atoms with van der Waals surface area (Å²) in [7, 11) is -0.0676. The molecule has 1 atom stereocenters. The summed E-state index contributed by atoms with van der Waals surface area (Å²) in [6.07, 6.45) is 0.598. The molecule has 15 heteroatoms. The van der Waals surface area contributed by atoms with Crippen LogP contribution in [0.3, 0.4) is 0 Å². The second kappa shape index (κ2) is 19.4. The topological polar surface area (TPSA) is 116 Å². The highest BCUT2D eigenvalue weighted by molar-refractivity contribution is 7.16. The Labute approximate surface area is 373 Å². The summed E-state index contributed by atoms with van der Waals surface area (Å²) in [6.45, 7) is 14.7. The molecule has 1 aliphatic rings. The number of anilines is 2. The van der Waals surface area contributed by atoms with Crippen molar-refractivity contribution in [2.45, 2.75) is 84.5 Å². The molecule has 0 N–H and O–H groups in total. The molecule has 2 aromatic heterocycles. The van der Waals surface area contributed by atoms with Gasteiger partial charge >= 0.3 is 12.1 Å². The number of nitrogens with zero attached hydrogens (tertiary/aromatic N) is 5. The minimum atomic E-state index is -2.98. The van der Waals surface area contributed by atoms with E-state index in [0.29, 0.717) is 52.4 Å². The van der Waals surface area contributed by atoms with Crippen LogP contribution in [-0.4, -0.2) is 86.0 Å². The van der Waals surface area contributed by atoms with Gasteiger partial charge in [0, 0.05) is 29.5 Å². The van der Waals surface area contributed by atoms with E-state index >= 15 is 4.39 Å². The van der Waals surface area contributed by atoms with Gasteiger partial charge < -0.3 is 23.5 Å². The Kier molecular flexibility index (Phi) is 14.4. The van der Waals surface area contributed by atoms with Gasteiger partial charge in [-0.1, -0.05) is 105 Å². The molecule has 5 aromatic rings. The molecule has 1 amide bonds. The molecule has 1 aliphatic heterocycles. The standard InChI is InChI=1S/C47H53ClFN5O6SSi/c1-31-36-29-33(60-62(47(5,6)7,34-19-12-10-13-20-34)35-21-14-11-15-22-35)30-54(42(36)52-51-41(31)48)44-50-40(43(55)57-9)39(61-44)23-17-27-58-38-25-24-32(28-37(38)49)18-16-26-53(8)45(56)59-46(2,3)4/h10-15,19-22,24-25,28,33H,17,23,26-27,29-30H2,1-9H3. The normalized spacial score (nSPS) is 14.0. The number of hydrogen-bond donors (Lipinski definition) is 0. The van der Waals surface area contributed by atoms with E-state index < -0.39 is 31.8 Å². The zero-order valence-corrected chi connectivity index (χ0v) is 39.2. The maximum Gasteiger partial charge on any atom is 0.410 e. The van der Waals surface area contributed by atoms with Gasteiger partial charge in [0.1, 0.15) is 5.60 Å². The fourth-order valence-electron chi connectivity index (χ4n) is 7.41. The van der Waals surface area contributed by atoms with Crippen LogP contribution in [0, 0.1) is 24.6 Å². The number of halogens is 2. The fraction of sp³-hybridized carbons (Fsp3) is 0.383. The predicted molar refractivity (Wildman–Crippen MR) is 244 cm³/mol. The molecule has 326 valence electrons. The molecule has 6 rings (SSSR count). The highest BCUT2D eigenvalue weighted by Crippen LogP contribution is 2.42. The van der Waals surface area contributed by atoms with Gasteiger partial charge in [0.15, 0.2) is 33.4 Å². The molecule has 0 radical (unpaired) electrons. The SMILES string of the molecule is COC(=O)c1nc(N2CC(O[Si](c3ccccc3)(c3ccccc3)C(C)(C)C)Cc3c2nnc(Cl)c3C)sc1CCCOc1ccc(C#CCN(C)C(=O)OC(C)(C)C)cc1F. The molecular weight excluding hydrogens is 845 g/mol. The van der Waals surface area contributed by atoms with E-state index in [-0.39, 0.29) is 35.7 Å². The molecule has 3 aromatic carbocycles. The number of hydrogen-bond acceptors (Lipinski definition) is 11.